The molecule has 2 fully saturated rings. The first-order valence-electron chi connectivity index (χ1n) is 11.9. The van der Waals surface area contributed by atoms with E-state index in [0.717, 1.165) is 36.9 Å². The van der Waals surface area contributed by atoms with Gasteiger partial charge in [-0.2, -0.15) is 0 Å². The minimum atomic E-state index is -0.344. The van der Waals surface area contributed by atoms with Gasteiger partial charge in [-0.15, -0.1) is 0 Å². The van der Waals surface area contributed by atoms with Crippen molar-refractivity contribution in [2.75, 3.05) is 0 Å². The Labute approximate surface area is 171 Å². The summed E-state index contributed by atoms with van der Waals surface area (Å²) < 4.78 is 6.09. The van der Waals surface area contributed by atoms with Gasteiger partial charge in [0.05, 0.1) is 12.0 Å². The number of hydrogen-bond acceptors (Lipinski definition) is 3. The van der Waals surface area contributed by atoms with E-state index in [2.05, 4.69) is 27.7 Å². The predicted molar refractivity (Wildman–Crippen MR) is 111 cm³/mol. The third-order valence-electron chi connectivity index (χ3n) is 9.10. The summed E-state index contributed by atoms with van der Waals surface area (Å²) in [6.07, 6.45) is 12.1. The summed E-state index contributed by atoms with van der Waals surface area (Å²) in [6, 6.07) is 0. The summed E-state index contributed by atoms with van der Waals surface area (Å²) in [7, 11) is 0. The molecule has 2 unspecified atom stereocenters. The van der Waals surface area contributed by atoms with Gasteiger partial charge in [-0.1, -0.05) is 47.0 Å². The highest BCUT2D eigenvalue weighted by Crippen LogP contribution is 2.64. The van der Waals surface area contributed by atoms with Crippen LogP contribution in [-0.4, -0.2) is 17.2 Å². The fourth-order valence-corrected chi connectivity index (χ4v) is 7.15. The molecule has 0 aromatic heterocycles. The first-order valence-corrected chi connectivity index (χ1v) is 11.9. The highest BCUT2D eigenvalue weighted by molar-refractivity contribution is 5.77. The van der Waals surface area contributed by atoms with E-state index in [1.54, 1.807) is 0 Å². The van der Waals surface area contributed by atoms with Crippen LogP contribution in [0.2, 0.25) is 0 Å². The van der Waals surface area contributed by atoms with Crippen LogP contribution >= 0.6 is 0 Å². The number of ether oxygens (including phenoxy) is 1. The summed E-state index contributed by atoms with van der Waals surface area (Å²) in [5, 5.41) is 10.1. The van der Waals surface area contributed by atoms with Crippen molar-refractivity contribution < 1.29 is 14.6 Å². The zero-order valence-corrected chi connectivity index (χ0v) is 18.4. The summed E-state index contributed by atoms with van der Waals surface area (Å²) in [4.78, 5) is 12.9. The fraction of sp³-hybridized carbons (Fsp3) is 0.880. The third-order valence-corrected chi connectivity index (χ3v) is 9.10. The summed E-state index contributed by atoms with van der Waals surface area (Å²) >= 11 is 0. The van der Waals surface area contributed by atoms with E-state index in [-0.39, 0.29) is 23.4 Å². The average molecular weight is 389 g/mol. The van der Waals surface area contributed by atoms with Crippen molar-refractivity contribution in [3.63, 3.8) is 0 Å². The smallest absolute Gasteiger partial charge is 0.315 e. The molecule has 4 aliphatic rings. The lowest BCUT2D eigenvalue weighted by molar-refractivity contribution is -0.159. The zero-order valence-electron chi connectivity index (χ0n) is 18.4. The highest BCUT2D eigenvalue weighted by Gasteiger charge is 2.58. The van der Waals surface area contributed by atoms with E-state index in [0.29, 0.717) is 17.8 Å². The van der Waals surface area contributed by atoms with Crippen LogP contribution in [0, 0.1) is 34.5 Å². The van der Waals surface area contributed by atoms with E-state index >= 15 is 0 Å². The van der Waals surface area contributed by atoms with Crippen LogP contribution in [0.5, 0.6) is 0 Å². The molecule has 2 saturated carbocycles. The molecule has 158 valence electrons. The maximum atomic E-state index is 12.9. The molecule has 4 rings (SSSR count). The number of carbonyl (C=O) groups is 1. The average Bonchev–Trinajstić information content (AvgIpc) is 2.97. The number of aliphatic hydroxyl groups excluding tert-OH is 1. The largest absolute Gasteiger partial charge is 0.431 e. The highest BCUT2D eigenvalue weighted by atomic mass is 16.5. The van der Waals surface area contributed by atoms with Crippen molar-refractivity contribution in [3.8, 4) is 0 Å². The minimum absolute atomic E-state index is 0.0652. The molecule has 0 bridgehead atoms. The summed E-state index contributed by atoms with van der Waals surface area (Å²) in [5.74, 6) is 2.87. The van der Waals surface area contributed by atoms with Crippen molar-refractivity contribution in [1.82, 2.24) is 0 Å². The first kappa shape index (κ1) is 20.4. The number of aliphatic hydroxyl groups is 1. The lowest BCUT2D eigenvalue weighted by Crippen LogP contribution is -2.49. The minimum Gasteiger partial charge on any atom is -0.431 e. The molecule has 1 aliphatic heterocycles. The van der Waals surface area contributed by atoms with E-state index in [9.17, 15) is 9.90 Å². The van der Waals surface area contributed by atoms with Gasteiger partial charge in [-0.25, -0.2) is 0 Å². The SMILES string of the molecule is CC(C)CCCCC1CC[C@@H]2C3=C(CC[C@]12C)[C@@]1(C)CC[C@H](O)CC1C(=O)O3. The van der Waals surface area contributed by atoms with Crippen molar-refractivity contribution in [2.24, 2.45) is 34.5 Å². The van der Waals surface area contributed by atoms with Gasteiger partial charge in [0, 0.05) is 11.3 Å². The Hall–Kier alpha value is -0.830. The van der Waals surface area contributed by atoms with Crippen LogP contribution in [0.15, 0.2) is 11.3 Å². The molecule has 3 aliphatic carbocycles. The van der Waals surface area contributed by atoms with Gasteiger partial charge in [0.15, 0.2) is 0 Å². The Kier molecular flexibility index (Phi) is 5.44. The molecule has 1 heterocycles. The second-order valence-corrected chi connectivity index (χ2v) is 11.2. The van der Waals surface area contributed by atoms with Gasteiger partial charge >= 0.3 is 5.97 Å². The molecule has 0 saturated heterocycles. The number of allylic oxidation sites excluding steroid dienone is 2. The van der Waals surface area contributed by atoms with E-state index < -0.39 is 0 Å². The maximum absolute atomic E-state index is 12.9. The molecular weight excluding hydrogens is 348 g/mol. The molecule has 0 aromatic rings. The summed E-state index contributed by atoms with van der Waals surface area (Å²) in [5.41, 5.74) is 1.65. The van der Waals surface area contributed by atoms with Gasteiger partial charge in [0.2, 0.25) is 0 Å². The van der Waals surface area contributed by atoms with Crippen LogP contribution in [0.3, 0.4) is 0 Å². The van der Waals surface area contributed by atoms with E-state index in [4.69, 9.17) is 4.74 Å². The van der Waals surface area contributed by atoms with Gasteiger partial charge < -0.3 is 9.84 Å². The van der Waals surface area contributed by atoms with E-state index in [1.807, 2.05) is 0 Å². The van der Waals surface area contributed by atoms with Gasteiger partial charge in [0.1, 0.15) is 5.76 Å². The molecule has 6 atom stereocenters. The number of rotatable bonds is 5. The monoisotopic (exact) mass is 388 g/mol. The molecule has 0 amide bonds. The predicted octanol–water partition coefficient (Wildman–Crippen LogP) is 6.01. The molecule has 0 radical (unpaired) electrons. The number of hydrogen-bond donors (Lipinski definition) is 1. The van der Waals surface area contributed by atoms with Crippen LogP contribution in [0.1, 0.15) is 98.3 Å². The molecule has 1 N–H and O–H groups in total. The molecule has 3 heteroatoms. The summed E-state index contributed by atoms with van der Waals surface area (Å²) in [6.45, 7) is 9.39. The third kappa shape index (κ3) is 3.26. The topological polar surface area (TPSA) is 46.5 Å². The molecule has 3 nitrogen and oxygen atoms in total. The first-order chi connectivity index (χ1) is 13.3. The molecular formula is C25H40O3. The van der Waals surface area contributed by atoms with Crippen molar-refractivity contribution in [3.05, 3.63) is 11.3 Å². The Morgan fingerprint density at radius 2 is 1.89 bits per heavy atom. The fourth-order valence-electron chi connectivity index (χ4n) is 7.15. The van der Waals surface area contributed by atoms with Gasteiger partial charge in [-0.3, -0.25) is 4.79 Å². The lowest BCUT2D eigenvalue weighted by atomic mass is 9.55. The second kappa shape index (κ2) is 7.45. The number of carbonyl (C=O) groups excluding carboxylic acids is 1. The van der Waals surface area contributed by atoms with Crippen LogP contribution < -0.4 is 0 Å². The zero-order chi connectivity index (χ0) is 20.1. The number of fused-ring (bicyclic) bond motifs is 4. The lowest BCUT2D eigenvalue weighted by Gasteiger charge is -2.52. The number of unbranched alkanes of at least 4 members (excludes halogenated alkanes) is 1. The molecule has 0 spiro atoms. The van der Waals surface area contributed by atoms with Gasteiger partial charge in [0.25, 0.3) is 0 Å². The van der Waals surface area contributed by atoms with Crippen LogP contribution in [0.25, 0.3) is 0 Å². The quantitative estimate of drug-likeness (QED) is 0.463. The van der Waals surface area contributed by atoms with Gasteiger partial charge in [-0.05, 0) is 74.2 Å². The molecule has 0 aromatic carbocycles. The Morgan fingerprint density at radius 3 is 2.64 bits per heavy atom. The Morgan fingerprint density at radius 1 is 1.11 bits per heavy atom. The van der Waals surface area contributed by atoms with Crippen molar-refractivity contribution >= 4 is 5.97 Å². The maximum Gasteiger partial charge on any atom is 0.315 e. The van der Waals surface area contributed by atoms with E-state index in [1.165, 1.54) is 50.5 Å². The Bertz CT molecular complexity index is 650. The van der Waals surface area contributed by atoms with Crippen LogP contribution in [0.4, 0.5) is 0 Å². The molecule has 28 heavy (non-hydrogen) atoms. The van der Waals surface area contributed by atoms with Crippen molar-refractivity contribution in [1.29, 1.82) is 0 Å². The normalized spacial score (nSPS) is 42.9. The van der Waals surface area contributed by atoms with Crippen molar-refractivity contribution in [2.45, 2.75) is 104 Å². The standard InChI is InChI=1S/C25H40O3/c1-16(2)7-5-6-8-17-9-10-19-22-20(12-14-24(17,19)3)25(4)13-11-18(26)15-21(25)23(27)28-22/h16-19,21,26H,5-15H2,1-4H3/t17?,18-,19+,21?,24+,25+/m0/s1. The number of esters is 1. The van der Waals surface area contributed by atoms with Crippen LogP contribution in [-0.2, 0) is 9.53 Å². The second-order valence-electron chi connectivity index (χ2n) is 11.2. The Balaban J connectivity index is 1.53.